The SMILES string of the molecule is C1CO[C@@H]2[C@@H]3O[C@H]3[C@@H]([C@@H]3O[C@H]4CCCO[C@@H]4[C@@H]4O[C@@H]34)O[C@H]2C1. The van der Waals surface area contributed by atoms with Crippen molar-refractivity contribution < 1.29 is 28.4 Å². The van der Waals surface area contributed by atoms with E-state index in [0.717, 1.165) is 38.9 Å². The summed E-state index contributed by atoms with van der Waals surface area (Å²) in [7, 11) is 0. The van der Waals surface area contributed by atoms with Gasteiger partial charge in [0.25, 0.3) is 0 Å². The third kappa shape index (κ3) is 1.82. The van der Waals surface area contributed by atoms with Gasteiger partial charge < -0.3 is 28.4 Å². The van der Waals surface area contributed by atoms with E-state index in [1.165, 1.54) is 0 Å². The first-order chi connectivity index (χ1) is 10.9. The Balaban J connectivity index is 1.22. The molecule has 10 atom stereocenters. The van der Waals surface area contributed by atoms with Crippen LogP contribution in [-0.4, -0.2) is 74.3 Å². The molecule has 0 radical (unpaired) electrons. The molecule has 0 aromatic rings. The highest BCUT2D eigenvalue weighted by Crippen LogP contribution is 2.49. The predicted molar refractivity (Wildman–Crippen MR) is 72.6 cm³/mol. The van der Waals surface area contributed by atoms with E-state index in [1.807, 2.05) is 0 Å². The van der Waals surface area contributed by atoms with E-state index < -0.39 is 0 Å². The number of hydrogen-bond donors (Lipinski definition) is 0. The topological polar surface area (TPSA) is 62.0 Å². The average molecular weight is 310 g/mol. The van der Waals surface area contributed by atoms with Crippen LogP contribution in [0.3, 0.4) is 0 Å². The summed E-state index contributed by atoms with van der Waals surface area (Å²) in [5.41, 5.74) is 0. The van der Waals surface area contributed by atoms with E-state index in [0.29, 0.717) is 0 Å². The summed E-state index contributed by atoms with van der Waals surface area (Å²) in [5, 5.41) is 0. The molecule has 6 aliphatic rings. The molecule has 6 aliphatic heterocycles. The number of hydrogen-bond acceptors (Lipinski definition) is 6. The molecule has 0 aromatic carbocycles. The summed E-state index contributed by atoms with van der Waals surface area (Å²) >= 11 is 0. The fourth-order valence-electron chi connectivity index (χ4n) is 4.87. The Bertz CT molecular complexity index is 430. The van der Waals surface area contributed by atoms with Crippen LogP contribution in [0.15, 0.2) is 0 Å². The summed E-state index contributed by atoms with van der Waals surface area (Å²) in [6.45, 7) is 1.66. The van der Waals surface area contributed by atoms with E-state index in [1.54, 1.807) is 0 Å². The lowest BCUT2D eigenvalue weighted by atomic mass is 9.89. The van der Waals surface area contributed by atoms with Crippen LogP contribution in [0.2, 0.25) is 0 Å². The van der Waals surface area contributed by atoms with E-state index in [2.05, 4.69) is 0 Å². The maximum Gasteiger partial charge on any atom is 0.116 e. The minimum atomic E-state index is -0.00849. The van der Waals surface area contributed by atoms with Gasteiger partial charge in [-0.15, -0.1) is 0 Å². The minimum Gasteiger partial charge on any atom is -0.373 e. The summed E-state index contributed by atoms with van der Waals surface area (Å²) in [5.74, 6) is 0. The molecule has 6 saturated heterocycles. The second-order valence-corrected chi connectivity index (χ2v) is 7.36. The first-order valence-electron chi connectivity index (χ1n) is 8.75. The normalized spacial score (nSPS) is 62.2. The smallest absolute Gasteiger partial charge is 0.116 e. The molecule has 6 fully saturated rings. The van der Waals surface area contributed by atoms with E-state index in [4.69, 9.17) is 28.4 Å². The molecule has 0 aromatic heterocycles. The number of epoxide rings is 2. The first-order valence-corrected chi connectivity index (χ1v) is 8.75. The maximum absolute atomic E-state index is 6.36. The van der Waals surface area contributed by atoms with Gasteiger partial charge in [0.15, 0.2) is 0 Å². The second-order valence-electron chi connectivity index (χ2n) is 7.36. The summed E-state index contributed by atoms with van der Waals surface area (Å²) in [6.07, 6.45) is 5.44. The Morgan fingerprint density at radius 3 is 1.36 bits per heavy atom. The summed E-state index contributed by atoms with van der Waals surface area (Å²) in [4.78, 5) is 0. The van der Waals surface area contributed by atoms with Gasteiger partial charge in [0.2, 0.25) is 0 Å². The van der Waals surface area contributed by atoms with Crippen molar-refractivity contribution in [3.8, 4) is 0 Å². The van der Waals surface area contributed by atoms with Gasteiger partial charge in [-0.25, -0.2) is 0 Å². The Morgan fingerprint density at radius 2 is 0.864 bits per heavy atom. The van der Waals surface area contributed by atoms with Gasteiger partial charge in [-0.1, -0.05) is 0 Å². The van der Waals surface area contributed by atoms with Gasteiger partial charge in [0.05, 0.1) is 12.2 Å². The molecule has 0 N–H and O–H groups in total. The average Bonchev–Trinajstić information content (AvgIpc) is 3.46. The largest absolute Gasteiger partial charge is 0.373 e. The Kier molecular flexibility index (Phi) is 2.77. The highest BCUT2D eigenvalue weighted by molar-refractivity contribution is 5.14. The van der Waals surface area contributed by atoms with Crippen molar-refractivity contribution in [2.24, 2.45) is 0 Å². The lowest BCUT2D eigenvalue weighted by Crippen LogP contribution is -2.58. The fraction of sp³-hybridized carbons (Fsp3) is 1.00. The van der Waals surface area contributed by atoms with Gasteiger partial charge in [0.1, 0.15) is 48.8 Å². The monoisotopic (exact) mass is 310 g/mol. The van der Waals surface area contributed by atoms with Crippen molar-refractivity contribution in [1.29, 1.82) is 0 Å². The predicted octanol–water partition coefficient (Wildman–Crippen LogP) is 0.414. The third-order valence-corrected chi connectivity index (χ3v) is 6.03. The molecule has 0 unspecified atom stereocenters. The van der Waals surface area contributed by atoms with Crippen molar-refractivity contribution in [2.45, 2.75) is 86.7 Å². The highest BCUT2D eigenvalue weighted by atomic mass is 16.7. The van der Waals surface area contributed by atoms with Crippen LogP contribution in [0.4, 0.5) is 0 Å². The number of rotatable bonds is 1. The van der Waals surface area contributed by atoms with Crippen LogP contribution in [0.25, 0.3) is 0 Å². The van der Waals surface area contributed by atoms with Crippen molar-refractivity contribution in [1.82, 2.24) is 0 Å². The molecular weight excluding hydrogens is 288 g/mol. The highest BCUT2D eigenvalue weighted by Gasteiger charge is 2.67. The van der Waals surface area contributed by atoms with Crippen LogP contribution < -0.4 is 0 Å². The quantitative estimate of drug-likeness (QED) is 0.654. The van der Waals surface area contributed by atoms with Gasteiger partial charge in [-0.05, 0) is 25.7 Å². The Labute approximate surface area is 129 Å². The third-order valence-electron chi connectivity index (χ3n) is 6.03. The molecule has 6 rings (SSSR count). The molecule has 0 amide bonds. The van der Waals surface area contributed by atoms with Crippen molar-refractivity contribution in [2.75, 3.05) is 13.2 Å². The molecule has 0 bridgehead atoms. The van der Waals surface area contributed by atoms with Crippen molar-refractivity contribution >= 4 is 0 Å². The Morgan fingerprint density at radius 1 is 0.455 bits per heavy atom. The number of ether oxygens (including phenoxy) is 6. The van der Waals surface area contributed by atoms with Crippen LogP contribution in [0.5, 0.6) is 0 Å². The van der Waals surface area contributed by atoms with Gasteiger partial charge in [-0.3, -0.25) is 0 Å². The van der Waals surface area contributed by atoms with Gasteiger partial charge in [0, 0.05) is 13.2 Å². The molecule has 0 spiro atoms. The second kappa shape index (κ2) is 4.65. The minimum absolute atomic E-state index is 0.00849. The van der Waals surface area contributed by atoms with Crippen molar-refractivity contribution in [3.05, 3.63) is 0 Å². The van der Waals surface area contributed by atoms with E-state index in [9.17, 15) is 0 Å². The molecule has 0 saturated carbocycles. The zero-order valence-corrected chi connectivity index (χ0v) is 12.5. The molecule has 0 aliphatic carbocycles. The van der Waals surface area contributed by atoms with Crippen LogP contribution >= 0.6 is 0 Å². The zero-order valence-electron chi connectivity index (χ0n) is 12.5. The molecule has 6 heteroatoms. The lowest BCUT2D eigenvalue weighted by Gasteiger charge is -2.42. The zero-order chi connectivity index (χ0) is 14.3. The Hall–Kier alpha value is -0.240. The van der Waals surface area contributed by atoms with Gasteiger partial charge in [-0.2, -0.15) is 0 Å². The van der Waals surface area contributed by atoms with E-state index >= 15 is 0 Å². The molecule has 122 valence electrons. The van der Waals surface area contributed by atoms with Crippen LogP contribution in [0.1, 0.15) is 25.7 Å². The summed E-state index contributed by atoms with van der Waals surface area (Å²) < 4.78 is 36.2. The molecule has 22 heavy (non-hydrogen) atoms. The van der Waals surface area contributed by atoms with Crippen LogP contribution in [0, 0.1) is 0 Å². The number of fused-ring (bicyclic) bond motifs is 6. The van der Waals surface area contributed by atoms with Crippen LogP contribution in [-0.2, 0) is 28.4 Å². The van der Waals surface area contributed by atoms with Gasteiger partial charge >= 0.3 is 0 Å². The lowest BCUT2D eigenvalue weighted by molar-refractivity contribution is -0.215. The molecule has 6 nitrogen and oxygen atoms in total. The first kappa shape index (κ1) is 13.1. The fourth-order valence-corrected chi connectivity index (χ4v) is 4.87. The summed E-state index contributed by atoms with van der Waals surface area (Å²) in [6, 6.07) is 0. The van der Waals surface area contributed by atoms with E-state index in [-0.39, 0.29) is 61.0 Å². The maximum atomic E-state index is 6.36. The molecule has 6 heterocycles. The van der Waals surface area contributed by atoms with Crippen molar-refractivity contribution in [3.63, 3.8) is 0 Å². The molecular formula is C16H22O6. The standard InChI is InChI=1S/C16H22O6/c1-3-7-9(17-5-1)11-15(21-11)13(19-7)14-16-12(22-16)10-8(20-14)4-2-6-18-10/h7-16H,1-6H2/t7-,8-,9-,10-,11-,12-,13-,14+,15+,16+/m0/s1.